The maximum absolute atomic E-state index is 13.3. The van der Waals surface area contributed by atoms with Gasteiger partial charge < -0.3 is 20.1 Å². The average molecular weight is 409 g/mol. The minimum Gasteiger partial charge on any atom is -0.466 e. The number of β-amino-alcohol motifs (C(OH)–C–C–N with tert-alkyl or cyclic N) is 1. The molecular formula is C22H36N2O5. The number of aliphatic hydroxyl groups is 1. The van der Waals surface area contributed by atoms with Crippen LogP contribution >= 0.6 is 0 Å². The molecule has 0 aromatic rings. The monoisotopic (exact) mass is 408 g/mol. The summed E-state index contributed by atoms with van der Waals surface area (Å²) in [5.41, 5.74) is 0. The smallest absolute Gasteiger partial charge is 0.310 e. The first-order valence-electron chi connectivity index (χ1n) is 11.1. The number of nitrogens with one attached hydrogen (secondary N) is 1. The van der Waals surface area contributed by atoms with Crippen molar-refractivity contribution in [2.45, 2.75) is 58.9 Å². The molecule has 2 N–H and O–H groups in total. The van der Waals surface area contributed by atoms with E-state index < -0.39 is 17.9 Å². The highest BCUT2D eigenvalue weighted by molar-refractivity contribution is 5.96. The van der Waals surface area contributed by atoms with Gasteiger partial charge in [-0.1, -0.05) is 45.3 Å². The first kappa shape index (κ1) is 23.4. The van der Waals surface area contributed by atoms with Crippen LogP contribution in [0.5, 0.6) is 0 Å². The van der Waals surface area contributed by atoms with Crippen LogP contribution in [0.2, 0.25) is 0 Å². The van der Waals surface area contributed by atoms with Gasteiger partial charge in [0.05, 0.1) is 25.0 Å². The SMILES string of the molecule is CCCCCNC(=O)[C@@H]1[C@H]2C=C[C@@H](CCC)[C@@H](C(=O)OCC)[C@@H]2C(=O)N1CCO. The van der Waals surface area contributed by atoms with Crippen molar-refractivity contribution in [2.75, 3.05) is 26.3 Å². The molecular weight excluding hydrogens is 372 g/mol. The summed E-state index contributed by atoms with van der Waals surface area (Å²) in [6, 6.07) is -0.697. The van der Waals surface area contributed by atoms with Crippen LogP contribution in [0.25, 0.3) is 0 Å². The number of fused-ring (bicyclic) bond motifs is 1. The normalized spacial score (nSPS) is 28.3. The number of aliphatic hydroxyl groups excluding tert-OH is 1. The van der Waals surface area contributed by atoms with E-state index in [-0.39, 0.29) is 49.4 Å². The Bertz CT molecular complexity index is 606. The standard InChI is InChI=1S/C22H36N2O5/c1-4-7-8-12-23-20(26)19-16-11-10-15(9-5-2)17(22(28)29-6-3)18(16)21(27)24(19)13-14-25/h10-11,15-19,25H,4-9,12-14H2,1-3H3,(H,23,26)/t15-,16+,17-,18-,19+/m1/s1. The number of ether oxygens (including phenoxy) is 1. The van der Waals surface area contributed by atoms with Crippen molar-refractivity contribution in [3.8, 4) is 0 Å². The summed E-state index contributed by atoms with van der Waals surface area (Å²) < 4.78 is 5.30. The van der Waals surface area contributed by atoms with Crippen LogP contribution in [-0.2, 0) is 19.1 Å². The summed E-state index contributed by atoms with van der Waals surface area (Å²) in [6.45, 7) is 6.57. The Labute approximate surface area is 173 Å². The number of hydrogen-bond donors (Lipinski definition) is 2. The molecule has 164 valence electrons. The molecule has 0 unspecified atom stereocenters. The number of esters is 1. The van der Waals surface area contributed by atoms with Gasteiger partial charge in [-0.15, -0.1) is 0 Å². The Morgan fingerprint density at radius 1 is 1.17 bits per heavy atom. The number of amides is 2. The molecule has 0 aromatic heterocycles. The first-order valence-corrected chi connectivity index (χ1v) is 11.1. The third kappa shape index (κ3) is 5.18. The number of rotatable bonds is 11. The number of allylic oxidation sites excluding steroid dienone is 1. The quantitative estimate of drug-likeness (QED) is 0.309. The number of likely N-dealkylation sites (tertiary alicyclic amines) is 1. The Hall–Kier alpha value is -1.89. The topological polar surface area (TPSA) is 95.9 Å². The van der Waals surface area contributed by atoms with Crippen LogP contribution in [0.15, 0.2) is 12.2 Å². The summed E-state index contributed by atoms with van der Waals surface area (Å²) in [5, 5.41) is 12.4. The predicted octanol–water partition coefficient (Wildman–Crippen LogP) is 1.89. The van der Waals surface area contributed by atoms with E-state index in [0.29, 0.717) is 6.54 Å². The fourth-order valence-corrected chi connectivity index (χ4v) is 4.71. The lowest BCUT2D eigenvalue weighted by Crippen LogP contribution is -2.48. The van der Waals surface area contributed by atoms with Crippen LogP contribution in [0.4, 0.5) is 0 Å². The van der Waals surface area contributed by atoms with Crippen LogP contribution in [0.3, 0.4) is 0 Å². The summed E-state index contributed by atoms with van der Waals surface area (Å²) in [7, 11) is 0. The van der Waals surface area contributed by atoms with E-state index in [9.17, 15) is 19.5 Å². The largest absolute Gasteiger partial charge is 0.466 e. The van der Waals surface area contributed by atoms with Gasteiger partial charge in [0, 0.05) is 19.0 Å². The maximum Gasteiger partial charge on any atom is 0.310 e. The molecule has 1 aliphatic carbocycles. The molecule has 0 spiro atoms. The lowest BCUT2D eigenvalue weighted by Gasteiger charge is -2.33. The van der Waals surface area contributed by atoms with Crippen molar-refractivity contribution < 1.29 is 24.2 Å². The van der Waals surface area contributed by atoms with Crippen LogP contribution in [0.1, 0.15) is 52.9 Å². The predicted molar refractivity (Wildman–Crippen MR) is 110 cm³/mol. The van der Waals surface area contributed by atoms with Crippen LogP contribution in [0, 0.1) is 23.7 Å². The Kier molecular flexibility index (Phi) is 9.14. The minimum atomic E-state index is -0.697. The molecule has 1 fully saturated rings. The van der Waals surface area contributed by atoms with Gasteiger partial charge in [-0.3, -0.25) is 14.4 Å². The van der Waals surface area contributed by atoms with Gasteiger partial charge in [0.2, 0.25) is 11.8 Å². The fraction of sp³-hybridized carbons (Fsp3) is 0.773. The molecule has 29 heavy (non-hydrogen) atoms. The Morgan fingerprint density at radius 2 is 1.93 bits per heavy atom. The van der Waals surface area contributed by atoms with Gasteiger partial charge >= 0.3 is 5.97 Å². The fourth-order valence-electron chi connectivity index (χ4n) is 4.71. The summed E-state index contributed by atoms with van der Waals surface area (Å²) in [6.07, 6.45) is 8.56. The zero-order chi connectivity index (χ0) is 21.4. The van der Waals surface area contributed by atoms with Crippen molar-refractivity contribution >= 4 is 17.8 Å². The summed E-state index contributed by atoms with van der Waals surface area (Å²) in [5.74, 6) is -2.48. The molecule has 2 rings (SSSR count). The third-order valence-electron chi connectivity index (χ3n) is 5.98. The molecule has 7 nitrogen and oxygen atoms in total. The molecule has 1 heterocycles. The second-order valence-corrected chi connectivity index (χ2v) is 7.92. The highest BCUT2D eigenvalue weighted by Gasteiger charge is 2.57. The Morgan fingerprint density at radius 3 is 2.55 bits per heavy atom. The number of hydrogen-bond acceptors (Lipinski definition) is 5. The maximum atomic E-state index is 13.3. The summed E-state index contributed by atoms with van der Waals surface area (Å²) in [4.78, 5) is 40.5. The second kappa shape index (κ2) is 11.3. The van der Waals surface area contributed by atoms with Crippen molar-refractivity contribution in [1.29, 1.82) is 0 Å². The van der Waals surface area contributed by atoms with Gasteiger partial charge in [-0.25, -0.2) is 0 Å². The second-order valence-electron chi connectivity index (χ2n) is 7.92. The molecule has 1 aliphatic heterocycles. The van der Waals surface area contributed by atoms with Crippen molar-refractivity contribution in [3.63, 3.8) is 0 Å². The minimum absolute atomic E-state index is 0.0772. The van der Waals surface area contributed by atoms with E-state index in [1.807, 2.05) is 19.1 Å². The van der Waals surface area contributed by atoms with E-state index in [2.05, 4.69) is 12.2 Å². The number of nitrogens with zero attached hydrogens (tertiary/aromatic N) is 1. The first-order chi connectivity index (χ1) is 14.0. The molecule has 2 amide bonds. The van der Waals surface area contributed by atoms with Gasteiger partial charge in [-0.2, -0.15) is 0 Å². The van der Waals surface area contributed by atoms with Crippen LogP contribution < -0.4 is 5.32 Å². The molecule has 5 atom stereocenters. The molecule has 0 saturated carbocycles. The van der Waals surface area contributed by atoms with Crippen molar-refractivity contribution in [2.24, 2.45) is 23.7 Å². The highest BCUT2D eigenvalue weighted by atomic mass is 16.5. The number of carbonyl (C=O) groups excluding carboxylic acids is 3. The third-order valence-corrected chi connectivity index (χ3v) is 5.98. The molecule has 0 bridgehead atoms. The van der Waals surface area contributed by atoms with Crippen LogP contribution in [-0.4, -0.2) is 60.1 Å². The van der Waals surface area contributed by atoms with Gasteiger partial charge in [0.1, 0.15) is 6.04 Å². The van der Waals surface area contributed by atoms with E-state index in [1.165, 1.54) is 4.90 Å². The molecule has 0 radical (unpaired) electrons. The average Bonchev–Trinajstić information content (AvgIpc) is 2.98. The van der Waals surface area contributed by atoms with E-state index >= 15 is 0 Å². The molecule has 2 aliphatic rings. The van der Waals surface area contributed by atoms with Crippen molar-refractivity contribution in [1.82, 2.24) is 10.2 Å². The van der Waals surface area contributed by atoms with Gasteiger partial charge in [0.25, 0.3) is 0 Å². The number of unbranched alkanes of at least 4 members (excludes halogenated alkanes) is 2. The Balaban J connectivity index is 2.31. The molecule has 0 aromatic carbocycles. The van der Waals surface area contributed by atoms with Crippen molar-refractivity contribution in [3.05, 3.63) is 12.2 Å². The lowest BCUT2D eigenvalue weighted by atomic mass is 9.69. The zero-order valence-electron chi connectivity index (χ0n) is 17.9. The van der Waals surface area contributed by atoms with E-state index in [0.717, 1.165) is 32.1 Å². The van der Waals surface area contributed by atoms with E-state index in [4.69, 9.17) is 4.74 Å². The lowest BCUT2D eigenvalue weighted by molar-refractivity contribution is -0.155. The highest BCUT2D eigenvalue weighted by Crippen LogP contribution is 2.45. The zero-order valence-corrected chi connectivity index (χ0v) is 17.9. The van der Waals surface area contributed by atoms with E-state index in [1.54, 1.807) is 6.92 Å². The molecule has 7 heteroatoms. The molecule has 1 saturated heterocycles. The summed E-state index contributed by atoms with van der Waals surface area (Å²) >= 11 is 0. The van der Waals surface area contributed by atoms with Gasteiger partial charge in [-0.05, 0) is 25.7 Å². The van der Waals surface area contributed by atoms with Gasteiger partial charge in [0.15, 0.2) is 0 Å². The number of carbonyl (C=O) groups is 3.